The Labute approximate surface area is 121 Å². The normalized spacial score (nSPS) is 15.1. The van der Waals surface area contributed by atoms with Crippen LogP contribution in [0.1, 0.15) is 28.1 Å². The lowest BCUT2D eigenvalue weighted by Gasteiger charge is -2.18. The maximum atomic E-state index is 12.4. The molecule has 1 heterocycles. The van der Waals surface area contributed by atoms with E-state index in [0.717, 1.165) is 24.2 Å². The summed E-state index contributed by atoms with van der Waals surface area (Å²) in [6, 6.07) is 3.41. The fourth-order valence-corrected chi connectivity index (χ4v) is 4.54. The molecular weight excluding hydrogens is 300 g/mol. The van der Waals surface area contributed by atoms with Gasteiger partial charge in [0, 0.05) is 6.04 Å². The minimum absolute atomic E-state index is 0.0696. The number of hydrogen-bond acceptors (Lipinski definition) is 6. The minimum atomic E-state index is -3.60. The smallest absolute Gasteiger partial charge is 0.348 e. The minimum Gasteiger partial charge on any atom is -0.465 e. The first kappa shape index (κ1) is 15.0. The molecule has 0 amide bonds. The molecule has 20 heavy (non-hydrogen) atoms. The number of ether oxygens (including phenoxy) is 1. The van der Waals surface area contributed by atoms with Crippen LogP contribution in [0.3, 0.4) is 0 Å². The molecule has 0 N–H and O–H groups in total. The number of thiophene rings is 1. The highest BCUT2D eigenvalue weighted by molar-refractivity contribution is 7.88. The average Bonchev–Trinajstić information content (AvgIpc) is 3.14. The lowest BCUT2D eigenvalue weighted by molar-refractivity contribution is 0.0605. The van der Waals surface area contributed by atoms with Gasteiger partial charge in [-0.2, -0.15) is 9.57 Å². The number of carbonyl (C=O) groups excluding carboxylic acids is 1. The van der Waals surface area contributed by atoms with Crippen LogP contribution in [0.2, 0.25) is 0 Å². The van der Waals surface area contributed by atoms with Crippen LogP contribution < -0.4 is 0 Å². The Balaban J connectivity index is 2.22. The molecule has 0 atom stereocenters. The van der Waals surface area contributed by atoms with Gasteiger partial charge in [0.15, 0.2) is 0 Å². The molecule has 108 valence electrons. The molecule has 1 fully saturated rings. The molecule has 2 rings (SSSR count). The van der Waals surface area contributed by atoms with Gasteiger partial charge in [0.2, 0.25) is 10.0 Å². The standard InChI is InChI=1S/C12H14N2O4S2/c1-18-12(15)11-9(4-7-19-11)8-20(16,17)14(6-5-13)10-2-3-10/h4,7,10H,2-3,6,8H2,1H3. The van der Waals surface area contributed by atoms with Crippen molar-refractivity contribution in [2.24, 2.45) is 0 Å². The number of rotatable bonds is 6. The third kappa shape index (κ3) is 3.17. The Morgan fingerprint density at radius 1 is 1.60 bits per heavy atom. The van der Waals surface area contributed by atoms with Crippen LogP contribution in [0.4, 0.5) is 0 Å². The van der Waals surface area contributed by atoms with Gasteiger partial charge >= 0.3 is 5.97 Å². The molecule has 1 saturated carbocycles. The molecule has 8 heteroatoms. The first-order chi connectivity index (χ1) is 9.49. The highest BCUT2D eigenvalue weighted by Gasteiger charge is 2.37. The van der Waals surface area contributed by atoms with E-state index in [2.05, 4.69) is 4.74 Å². The molecule has 0 aromatic carbocycles. The van der Waals surface area contributed by atoms with Crippen molar-refractivity contribution in [2.45, 2.75) is 24.6 Å². The summed E-state index contributed by atoms with van der Waals surface area (Å²) in [4.78, 5) is 11.8. The third-order valence-electron chi connectivity index (χ3n) is 2.99. The van der Waals surface area contributed by atoms with Crippen LogP contribution in [0, 0.1) is 11.3 Å². The number of nitriles is 1. The van der Waals surface area contributed by atoms with Crippen LogP contribution in [-0.2, 0) is 20.5 Å². The maximum absolute atomic E-state index is 12.4. The summed E-state index contributed by atoms with van der Waals surface area (Å²) < 4.78 is 30.6. The molecular formula is C12H14N2O4S2. The van der Waals surface area contributed by atoms with Crippen molar-refractivity contribution in [3.05, 3.63) is 21.9 Å². The van der Waals surface area contributed by atoms with Crippen LogP contribution in [-0.4, -0.2) is 38.4 Å². The van der Waals surface area contributed by atoms with Crippen molar-refractivity contribution in [3.8, 4) is 6.07 Å². The topological polar surface area (TPSA) is 87.5 Å². The van der Waals surface area contributed by atoms with E-state index >= 15 is 0 Å². The quantitative estimate of drug-likeness (QED) is 0.584. The summed E-state index contributed by atoms with van der Waals surface area (Å²) in [5.41, 5.74) is 0.422. The molecule has 1 aliphatic carbocycles. The Hall–Kier alpha value is -1.43. The van der Waals surface area contributed by atoms with Crippen LogP contribution in [0.25, 0.3) is 0 Å². The van der Waals surface area contributed by atoms with E-state index in [0.29, 0.717) is 10.4 Å². The van der Waals surface area contributed by atoms with Gasteiger partial charge in [0.05, 0.1) is 18.9 Å². The van der Waals surface area contributed by atoms with Gasteiger partial charge in [-0.15, -0.1) is 11.3 Å². The van der Waals surface area contributed by atoms with E-state index < -0.39 is 16.0 Å². The summed E-state index contributed by atoms with van der Waals surface area (Å²) in [7, 11) is -2.34. The predicted molar refractivity (Wildman–Crippen MR) is 73.6 cm³/mol. The lowest BCUT2D eigenvalue weighted by Crippen LogP contribution is -2.34. The number of esters is 1. The number of methoxy groups -OCH3 is 1. The zero-order valence-corrected chi connectivity index (χ0v) is 12.5. The van der Waals surface area contributed by atoms with Crippen molar-refractivity contribution in [2.75, 3.05) is 13.7 Å². The molecule has 0 radical (unpaired) electrons. The van der Waals surface area contributed by atoms with Gasteiger partial charge in [0.1, 0.15) is 11.4 Å². The van der Waals surface area contributed by atoms with Crippen molar-refractivity contribution in [1.29, 1.82) is 5.26 Å². The number of sulfonamides is 1. The van der Waals surface area contributed by atoms with E-state index in [4.69, 9.17) is 5.26 Å². The zero-order chi connectivity index (χ0) is 14.8. The molecule has 6 nitrogen and oxygen atoms in total. The summed E-state index contributed by atoms with van der Waals surface area (Å²) in [5, 5.41) is 10.4. The SMILES string of the molecule is COC(=O)c1sccc1CS(=O)(=O)N(CC#N)C1CC1. The second kappa shape index (κ2) is 5.91. The van der Waals surface area contributed by atoms with Gasteiger partial charge < -0.3 is 4.74 Å². The van der Waals surface area contributed by atoms with Crippen LogP contribution >= 0.6 is 11.3 Å². The van der Waals surface area contributed by atoms with E-state index in [-0.39, 0.29) is 18.3 Å². The largest absolute Gasteiger partial charge is 0.465 e. The van der Waals surface area contributed by atoms with E-state index in [1.807, 2.05) is 6.07 Å². The van der Waals surface area contributed by atoms with Crippen LogP contribution in [0.15, 0.2) is 11.4 Å². The molecule has 0 unspecified atom stereocenters. The molecule has 0 aliphatic heterocycles. The van der Waals surface area contributed by atoms with Crippen LogP contribution in [0.5, 0.6) is 0 Å². The first-order valence-corrected chi connectivity index (χ1v) is 8.49. The summed E-state index contributed by atoms with van der Waals surface area (Å²) >= 11 is 1.15. The zero-order valence-electron chi connectivity index (χ0n) is 10.9. The summed E-state index contributed by atoms with van der Waals surface area (Å²) in [5.74, 6) is -0.817. The Morgan fingerprint density at radius 3 is 2.85 bits per heavy atom. The number of nitrogens with zero attached hydrogens (tertiary/aromatic N) is 2. The van der Waals surface area contributed by atoms with Gasteiger partial charge in [0.25, 0.3) is 0 Å². The highest BCUT2D eigenvalue weighted by atomic mass is 32.2. The van der Waals surface area contributed by atoms with Gasteiger partial charge in [-0.1, -0.05) is 0 Å². The van der Waals surface area contributed by atoms with Crippen molar-refractivity contribution in [3.63, 3.8) is 0 Å². The lowest BCUT2D eigenvalue weighted by atomic mass is 10.3. The van der Waals surface area contributed by atoms with E-state index in [1.54, 1.807) is 11.4 Å². The Morgan fingerprint density at radius 2 is 2.30 bits per heavy atom. The second-order valence-corrected chi connectivity index (χ2v) is 7.29. The summed E-state index contributed by atoms with van der Waals surface area (Å²) in [6.45, 7) is -0.148. The van der Waals surface area contributed by atoms with Gasteiger partial charge in [-0.25, -0.2) is 13.2 Å². The van der Waals surface area contributed by atoms with Gasteiger partial charge in [-0.05, 0) is 29.9 Å². The second-order valence-electron chi connectivity index (χ2n) is 4.46. The fourth-order valence-electron chi connectivity index (χ4n) is 1.89. The highest BCUT2D eigenvalue weighted by Crippen LogP contribution is 2.31. The predicted octanol–water partition coefficient (Wildman–Crippen LogP) is 1.35. The number of hydrogen-bond donors (Lipinski definition) is 0. The molecule has 0 spiro atoms. The van der Waals surface area contributed by atoms with E-state index in [1.165, 1.54) is 11.4 Å². The Kier molecular flexibility index (Phi) is 4.42. The van der Waals surface area contributed by atoms with Crippen molar-refractivity contribution < 1.29 is 17.9 Å². The number of carbonyl (C=O) groups is 1. The molecule has 0 saturated heterocycles. The average molecular weight is 314 g/mol. The Bertz CT molecular complexity index is 641. The molecule has 1 aromatic heterocycles. The fraction of sp³-hybridized carbons (Fsp3) is 0.500. The van der Waals surface area contributed by atoms with Crippen molar-refractivity contribution in [1.82, 2.24) is 4.31 Å². The molecule has 0 bridgehead atoms. The third-order valence-corrected chi connectivity index (χ3v) is 5.75. The molecule has 1 aliphatic rings. The first-order valence-electron chi connectivity index (χ1n) is 6.00. The monoisotopic (exact) mass is 314 g/mol. The molecule has 1 aromatic rings. The van der Waals surface area contributed by atoms with Gasteiger partial charge in [-0.3, -0.25) is 0 Å². The maximum Gasteiger partial charge on any atom is 0.348 e. The van der Waals surface area contributed by atoms with E-state index in [9.17, 15) is 13.2 Å². The van der Waals surface area contributed by atoms with Crippen molar-refractivity contribution >= 4 is 27.3 Å². The summed E-state index contributed by atoms with van der Waals surface area (Å²) in [6.07, 6.45) is 1.57.